The van der Waals surface area contributed by atoms with E-state index in [4.69, 9.17) is 4.74 Å². The summed E-state index contributed by atoms with van der Waals surface area (Å²) in [5.41, 5.74) is -0.0256. The number of hydrogen-bond acceptors (Lipinski definition) is 5. The number of methoxy groups -OCH3 is 1. The number of hydrogen-bond donors (Lipinski definition) is 0. The summed E-state index contributed by atoms with van der Waals surface area (Å²) in [7, 11) is 1.43. The maximum Gasteiger partial charge on any atom is 0.273 e. The van der Waals surface area contributed by atoms with E-state index in [-0.39, 0.29) is 5.69 Å². The highest BCUT2D eigenvalue weighted by Crippen LogP contribution is 2.31. The number of carbonyl (C=O) groups is 1. The number of rotatable bonds is 5. The summed E-state index contributed by atoms with van der Waals surface area (Å²) in [5, 5.41) is 10.5. The molecule has 0 spiro atoms. The van der Waals surface area contributed by atoms with Crippen molar-refractivity contribution in [1.29, 1.82) is 0 Å². The highest BCUT2D eigenvalue weighted by molar-refractivity contribution is 8.00. The molecule has 0 saturated heterocycles. The van der Waals surface area contributed by atoms with E-state index in [0.29, 0.717) is 11.5 Å². The van der Waals surface area contributed by atoms with Gasteiger partial charge in [0.2, 0.25) is 0 Å². The molecule has 1 aromatic carbocycles. The standard InChI is InChI=1S/C9H9NO4S/c1-14-8-6-7(10(12)13)2-3-9(8)15-5-4-11/h2-4,6H,5H2,1H3. The lowest BCUT2D eigenvalue weighted by molar-refractivity contribution is -0.385. The second kappa shape index (κ2) is 5.35. The van der Waals surface area contributed by atoms with Crippen LogP contribution in [0.2, 0.25) is 0 Å². The molecule has 15 heavy (non-hydrogen) atoms. The molecule has 0 aromatic heterocycles. The second-order valence-electron chi connectivity index (χ2n) is 2.57. The van der Waals surface area contributed by atoms with Crippen LogP contribution in [0.15, 0.2) is 23.1 Å². The van der Waals surface area contributed by atoms with Crippen LogP contribution in [0.3, 0.4) is 0 Å². The number of ether oxygens (including phenoxy) is 1. The Morgan fingerprint density at radius 1 is 1.60 bits per heavy atom. The molecule has 0 unspecified atom stereocenters. The molecule has 0 atom stereocenters. The first-order valence-corrected chi connectivity index (χ1v) is 5.06. The summed E-state index contributed by atoms with van der Waals surface area (Å²) in [6.45, 7) is 0. The largest absolute Gasteiger partial charge is 0.495 e. The average molecular weight is 227 g/mol. The molecule has 0 radical (unpaired) electrons. The zero-order valence-electron chi connectivity index (χ0n) is 8.00. The van der Waals surface area contributed by atoms with Crippen LogP contribution < -0.4 is 4.74 Å². The highest BCUT2D eigenvalue weighted by atomic mass is 32.2. The van der Waals surface area contributed by atoms with E-state index in [1.165, 1.54) is 31.0 Å². The van der Waals surface area contributed by atoms with Gasteiger partial charge in [0.15, 0.2) is 0 Å². The van der Waals surface area contributed by atoms with Gasteiger partial charge < -0.3 is 9.53 Å². The van der Waals surface area contributed by atoms with Gasteiger partial charge >= 0.3 is 0 Å². The van der Waals surface area contributed by atoms with Gasteiger partial charge in [0, 0.05) is 6.07 Å². The minimum absolute atomic E-state index is 0.0256. The number of nitro benzene ring substituents is 1. The zero-order chi connectivity index (χ0) is 11.3. The number of thioether (sulfide) groups is 1. The minimum Gasteiger partial charge on any atom is -0.495 e. The van der Waals surface area contributed by atoms with E-state index in [1.54, 1.807) is 6.07 Å². The third-order valence-electron chi connectivity index (χ3n) is 1.66. The topological polar surface area (TPSA) is 69.4 Å². The molecule has 0 aliphatic heterocycles. The summed E-state index contributed by atoms with van der Waals surface area (Å²) in [4.78, 5) is 20.9. The average Bonchev–Trinajstić information content (AvgIpc) is 2.25. The first-order chi connectivity index (χ1) is 7.19. The van der Waals surface area contributed by atoms with Gasteiger partial charge in [-0.15, -0.1) is 11.8 Å². The van der Waals surface area contributed by atoms with E-state index in [2.05, 4.69) is 0 Å². The van der Waals surface area contributed by atoms with Crippen LogP contribution in [-0.2, 0) is 4.79 Å². The highest BCUT2D eigenvalue weighted by Gasteiger charge is 2.11. The number of carbonyl (C=O) groups excluding carboxylic acids is 1. The van der Waals surface area contributed by atoms with Gasteiger partial charge in [-0.2, -0.15) is 0 Å². The molecular weight excluding hydrogens is 218 g/mol. The molecule has 0 N–H and O–H groups in total. The van der Waals surface area contributed by atoms with Gasteiger partial charge in [0.05, 0.1) is 28.7 Å². The molecule has 0 fully saturated rings. The van der Waals surface area contributed by atoms with Gasteiger partial charge in [-0.05, 0) is 6.07 Å². The van der Waals surface area contributed by atoms with E-state index in [0.717, 1.165) is 11.2 Å². The predicted octanol–water partition coefficient (Wildman–Crippen LogP) is 1.89. The van der Waals surface area contributed by atoms with Crippen molar-refractivity contribution in [2.45, 2.75) is 4.90 Å². The van der Waals surface area contributed by atoms with Crippen molar-refractivity contribution in [1.82, 2.24) is 0 Å². The van der Waals surface area contributed by atoms with E-state index < -0.39 is 4.92 Å². The van der Waals surface area contributed by atoms with E-state index >= 15 is 0 Å². The van der Waals surface area contributed by atoms with Gasteiger partial charge in [0.1, 0.15) is 12.0 Å². The van der Waals surface area contributed by atoms with Crippen molar-refractivity contribution in [3.05, 3.63) is 28.3 Å². The van der Waals surface area contributed by atoms with Gasteiger partial charge in [-0.25, -0.2) is 0 Å². The molecule has 0 saturated carbocycles. The third kappa shape index (κ3) is 2.95. The molecule has 6 heteroatoms. The fraction of sp³-hybridized carbons (Fsp3) is 0.222. The van der Waals surface area contributed by atoms with E-state index in [9.17, 15) is 14.9 Å². The Kier molecular flexibility index (Phi) is 4.11. The summed E-state index contributed by atoms with van der Waals surface area (Å²) in [6, 6.07) is 4.30. The van der Waals surface area contributed by atoms with Crippen molar-refractivity contribution in [2.75, 3.05) is 12.9 Å². The first kappa shape index (κ1) is 11.5. The molecule has 0 aliphatic carbocycles. The third-order valence-corrected chi connectivity index (χ3v) is 2.62. The van der Waals surface area contributed by atoms with E-state index in [1.807, 2.05) is 0 Å². The van der Waals surface area contributed by atoms with Crippen LogP contribution in [0.1, 0.15) is 0 Å². The molecular formula is C9H9NO4S. The van der Waals surface area contributed by atoms with Gasteiger partial charge in [-0.3, -0.25) is 10.1 Å². The Hall–Kier alpha value is -1.56. The molecule has 0 heterocycles. The first-order valence-electron chi connectivity index (χ1n) is 4.08. The van der Waals surface area contributed by atoms with Crippen molar-refractivity contribution in [3.8, 4) is 5.75 Å². The molecule has 0 amide bonds. The molecule has 80 valence electrons. The smallest absolute Gasteiger partial charge is 0.273 e. The molecule has 1 rings (SSSR count). The quantitative estimate of drug-likeness (QED) is 0.332. The van der Waals surface area contributed by atoms with Crippen LogP contribution >= 0.6 is 11.8 Å². The lowest BCUT2D eigenvalue weighted by Gasteiger charge is -2.05. The molecule has 5 nitrogen and oxygen atoms in total. The monoisotopic (exact) mass is 227 g/mol. The van der Waals surface area contributed by atoms with Crippen molar-refractivity contribution >= 4 is 23.7 Å². The maximum absolute atomic E-state index is 10.5. The summed E-state index contributed by atoms with van der Waals surface area (Å²) < 4.78 is 4.99. The lowest BCUT2D eigenvalue weighted by Crippen LogP contribution is -1.92. The fourth-order valence-corrected chi connectivity index (χ4v) is 1.71. The van der Waals surface area contributed by atoms with Gasteiger partial charge in [-0.1, -0.05) is 0 Å². The fourth-order valence-electron chi connectivity index (χ4n) is 1.01. The number of aldehydes is 1. The Balaban J connectivity index is 2.97. The van der Waals surface area contributed by atoms with Crippen molar-refractivity contribution < 1.29 is 14.5 Å². The lowest BCUT2D eigenvalue weighted by atomic mass is 10.3. The number of nitro groups is 1. The Bertz CT molecular complexity index is 380. The zero-order valence-corrected chi connectivity index (χ0v) is 8.82. The molecule has 0 aliphatic rings. The summed E-state index contributed by atoms with van der Waals surface area (Å²) in [5.74, 6) is 0.713. The molecule has 0 bridgehead atoms. The predicted molar refractivity (Wildman–Crippen MR) is 56.4 cm³/mol. The van der Waals surface area contributed by atoms with Crippen LogP contribution in [0.4, 0.5) is 5.69 Å². The number of nitrogens with zero attached hydrogens (tertiary/aromatic N) is 1. The van der Waals surface area contributed by atoms with Crippen molar-refractivity contribution in [3.63, 3.8) is 0 Å². The Morgan fingerprint density at radius 3 is 2.87 bits per heavy atom. The van der Waals surface area contributed by atoms with Crippen molar-refractivity contribution in [2.24, 2.45) is 0 Å². The van der Waals surface area contributed by atoms with Crippen LogP contribution in [0.25, 0.3) is 0 Å². The molecule has 1 aromatic rings. The van der Waals surface area contributed by atoms with Crippen LogP contribution in [-0.4, -0.2) is 24.1 Å². The Morgan fingerprint density at radius 2 is 2.33 bits per heavy atom. The minimum atomic E-state index is -0.489. The maximum atomic E-state index is 10.5. The number of non-ortho nitro benzene ring substituents is 1. The summed E-state index contributed by atoms with van der Waals surface area (Å²) in [6.07, 6.45) is 0.769. The number of benzene rings is 1. The second-order valence-corrected chi connectivity index (χ2v) is 3.63. The SMILES string of the molecule is COc1cc([N+](=O)[O-])ccc1SCC=O. The van der Waals surface area contributed by atoms with Crippen LogP contribution in [0, 0.1) is 10.1 Å². The van der Waals surface area contributed by atoms with Gasteiger partial charge in [0.25, 0.3) is 5.69 Å². The summed E-state index contributed by atoms with van der Waals surface area (Å²) >= 11 is 1.28. The van der Waals surface area contributed by atoms with Crippen LogP contribution in [0.5, 0.6) is 5.75 Å². The Labute approximate surface area is 90.6 Å². The normalized spacial score (nSPS) is 9.67.